The van der Waals surface area contributed by atoms with Crippen LogP contribution in [0.4, 0.5) is 0 Å². The van der Waals surface area contributed by atoms with Crippen molar-refractivity contribution in [3.05, 3.63) is 198 Å². The minimum atomic E-state index is -0.608. The fourth-order valence-corrected chi connectivity index (χ4v) is 9.68. The third kappa shape index (κ3) is 4.21. The van der Waals surface area contributed by atoms with Crippen molar-refractivity contribution in [3.8, 4) is 39.6 Å². The molecule has 4 nitrogen and oxygen atoms in total. The second-order valence-electron chi connectivity index (χ2n) is 13.7. The Morgan fingerprint density at radius 3 is 2.02 bits per heavy atom. The third-order valence-corrected chi connectivity index (χ3v) is 11.9. The second kappa shape index (κ2) is 11.3. The summed E-state index contributed by atoms with van der Waals surface area (Å²) in [6.07, 6.45) is 0. The molecule has 0 saturated carbocycles. The molecule has 0 unspecified atom stereocenters. The average Bonchev–Trinajstić information content (AvgIpc) is 3.88. The van der Waals surface area contributed by atoms with E-state index in [4.69, 9.17) is 9.97 Å². The number of rotatable bonds is 4. The highest BCUT2D eigenvalue weighted by molar-refractivity contribution is 7.23. The molecule has 53 heavy (non-hydrogen) atoms. The molecule has 0 bridgehead atoms. The lowest BCUT2D eigenvalue weighted by Gasteiger charge is -2.34. The van der Waals surface area contributed by atoms with E-state index in [-0.39, 0.29) is 0 Å². The molecule has 0 N–H and O–H groups in total. The van der Waals surface area contributed by atoms with Gasteiger partial charge in [0.15, 0.2) is 4.96 Å². The molecule has 0 fully saturated rings. The molecule has 0 radical (unpaired) electrons. The maximum absolute atomic E-state index is 10.1. The van der Waals surface area contributed by atoms with E-state index in [0.717, 1.165) is 65.9 Å². The molecular weight excluding hydrogens is 665 g/mol. The van der Waals surface area contributed by atoms with Crippen LogP contribution in [-0.2, 0) is 5.41 Å². The van der Waals surface area contributed by atoms with Crippen LogP contribution in [0.3, 0.4) is 0 Å². The fraction of sp³-hybridized carbons (Fsp3) is 0.0208. The van der Waals surface area contributed by atoms with Crippen LogP contribution in [0.1, 0.15) is 27.8 Å². The summed E-state index contributed by atoms with van der Waals surface area (Å²) in [5, 5.41) is 11.1. The Bertz CT molecular complexity index is 3090. The Morgan fingerprint density at radius 1 is 0.566 bits per heavy atom. The van der Waals surface area contributed by atoms with Gasteiger partial charge in [0, 0.05) is 10.9 Å². The van der Waals surface area contributed by atoms with Gasteiger partial charge in [0.2, 0.25) is 0 Å². The first-order chi connectivity index (χ1) is 26.2. The first-order valence-corrected chi connectivity index (χ1v) is 18.5. The summed E-state index contributed by atoms with van der Waals surface area (Å²) in [4.78, 5) is 11.5. The van der Waals surface area contributed by atoms with Gasteiger partial charge in [-0.05, 0) is 87.0 Å². The van der Waals surface area contributed by atoms with Gasteiger partial charge in [0.05, 0.1) is 38.5 Å². The summed E-state index contributed by atoms with van der Waals surface area (Å²) in [5.74, 6) is 0. The summed E-state index contributed by atoms with van der Waals surface area (Å²) in [7, 11) is 0. The van der Waals surface area contributed by atoms with E-state index in [1.807, 2.05) is 12.1 Å². The lowest BCUT2D eigenvalue weighted by atomic mass is 9.67. The smallest absolute Gasteiger partial charge is 0.195 e. The molecule has 1 aliphatic carbocycles. The van der Waals surface area contributed by atoms with Crippen molar-refractivity contribution in [1.82, 2.24) is 14.4 Å². The van der Waals surface area contributed by atoms with Gasteiger partial charge < -0.3 is 0 Å². The molecular formula is C48H28N4S. The highest BCUT2D eigenvalue weighted by atomic mass is 32.1. The highest BCUT2D eigenvalue weighted by Crippen LogP contribution is 2.57. The fourth-order valence-electron chi connectivity index (χ4n) is 8.65. The quantitative estimate of drug-likeness (QED) is 0.184. The largest absolute Gasteiger partial charge is 0.281 e. The van der Waals surface area contributed by atoms with E-state index in [1.165, 1.54) is 27.0 Å². The van der Waals surface area contributed by atoms with Crippen LogP contribution in [0.5, 0.6) is 0 Å². The number of para-hydroxylation sites is 2. The zero-order valence-electron chi connectivity index (χ0n) is 28.4. The summed E-state index contributed by atoms with van der Waals surface area (Å²) in [6, 6.07) is 62.5. The van der Waals surface area contributed by atoms with E-state index in [1.54, 1.807) is 11.3 Å². The number of fused-ring (bicyclic) bond motifs is 10. The number of benzene rings is 7. The number of aromatic nitrogens is 3. The number of pyridine rings is 1. The summed E-state index contributed by atoms with van der Waals surface area (Å²) < 4.78 is 3.48. The van der Waals surface area contributed by atoms with Gasteiger partial charge in [-0.1, -0.05) is 139 Å². The van der Waals surface area contributed by atoms with Crippen molar-refractivity contribution < 1.29 is 0 Å². The van der Waals surface area contributed by atoms with Crippen LogP contribution in [0, 0.1) is 11.3 Å². The van der Waals surface area contributed by atoms with Crippen molar-refractivity contribution >= 4 is 48.5 Å². The number of nitriles is 1. The Balaban J connectivity index is 1.16. The summed E-state index contributed by atoms with van der Waals surface area (Å²) >= 11 is 1.71. The molecule has 0 saturated heterocycles. The number of hydrogen-bond acceptors (Lipinski definition) is 4. The van der Waals surface area contributed by atoms with Crippen molar-refractivity contribution in [2.75, 3.05) is 0 Å². The van der Waals surface area contributed by atoms with Crippen LogP contribution in [0.25, 0.3) is 70.6 Å². The Morgan fingerprint density at radius 2 is 1.23 bits per heavy atom. The minimum Gasteiger partial charge on any atom is -0.281 e. The monoisotopic (exact) mass is 692 g/mol. The number of imidazole rings is 1. The maximum Gasteiger partial charge on any atom is 0.195 e. The first kappa shape index (κ1) is 29.8. The molecule has 11 rings (SSSR count). The van der Waals surface area contributed by atoms with Gasteiger partial charge in [-0.2, -0.15) is 5.26 Å². The predicted octanol–water partition coefficient (Wildman–Crippen LogP) is 11.8. The van der Waals surface area contributed by atoms with E-state index < -0.39 is 5.41 Å². The maximum atomic E-state index is 10.1. The summed E-state index contributed by atoms with van der Waals surface area (Å²) in [6.45, 7) is 0. The van der Waals surface area contributed by atoms with Crippen molar-refractivity contribution in [2.45, 2.75) is 5.41 Å². The molecule has 10 aromatic rings. The second-order valence-corrected chi connectivity index (χ2v) is 14.7. The van der Waals surface area contributed by atoms with Crippen LogP contribution in [0.15, 0.2) is 170 Å². The lowest BCUT2D eigenvalue weighted by molar-refractivity contribution is 0.768. The molecule has 0 aliphatic heterocycles. The Labute approximate surface area is 309 Å². The minimum absolute atomic E-state index is 0.608. The standard InChI is InChI=1S/C48H28N4S/c49-29-30-22-24-36-37-25-23-32(28-40(37)48(39(36)26-30,34-14-3-1-4-15-34)35-16-5-2-6-17-35)31-12-11-13-33(27-31)44-46-45(38-18-7-8-19-41(38)50-44)51-47-52(46)42-20-9-10-21-43(42)53-47/h1-28H. The Hall–Kier alpha value is -6.87. The topological polar surface area (TPSA) is 54.0 Å². The van der Waals surface area contributed by atoms with Crippen LogP contribution >= 0.6 is 11.3 Å². The average molecular weight is 693 g/mol. The van der Waals surface area contributed by atoms with Crippen molar-refractivity contribution in [1.29, 1.82) is 5.26 Å². The number of hydrogen-bond donors (Lipinski definition) is 0. The summed E-state index contributed by atoms with van der Waals surface area (Å²) in [5.41, 5.74) is 15.3. The van der Waals surface area contributed by atoms with E-state index in [0.29, 0.717) is 5.56 Å². The zero-order valence-corrected chi connectivity index (χ0v) is 29.2. The molecule has 1 aliphatic rings. The molecule has 246 valence electrons. The van der Waals surface area contributed by atoms with E-state index in [9.17, 15) is 5.26 Å². The van der Waals surface area contributed by atoms with Crippen molar-refractivity contribution in [3.63, 3.8) is 0 Å². The van der Waals surface area contributed by atoms with Gasteiger partial charge in [0.1, 0.15) is 11.0 Å². The van der Waals surface area contributed by atoms with Crippen LogP contribution in [-0.4, -0.2) is 14.4 Å². The first-order valence-electron chi connectivity index (χ1n) is 17.7. The third-order valence-electron chi connectivity index (χ3n) is 10.9. The predicted molar refractivity (Wildman–Crippen MR) is 216 cm³/mol. The zero-order chi connectivity index (χ0) is 35.1. The van der Waals surface area contributed by atoms with Crippen LogP contribution < -0.4 is 0 Å². The molecule has 7 aromatic carbocycles. The number of nitrogens with zero attached hydrogens (tertiary/aromatic N) is 4. The molecule has 3 aromatic heterocycles. The molecule has 5 heteroatoms. The van der Waals surface area contributed by atoms with Crippen molar-refractivity contribution in [2.24, 2.45) is 0 Å². The number of thiazole rings is 1. The van der Waals surface area contributed by atoms with Crippen LogP contribution in [0.2, 0.25) is 0 Å². The van der Waals surface area contributed by atoms with Gasteiger partial charge in [-0.15, -0.1) is 0 Å². The normalized spacial score (nSPS) is 13.0. The molecule has 0 spiro atoms. The molecule has 0 amide bonds. The lowest BCUT2D eigenvalue weighted by Crippen LogP contribution is -2.28. The molecule has 3 heterocycles. The highest BCUT2D eigenvalue weighted by Gasteiger charge is 2.46. The Kier molecular flexibility index (Phi) is 6.37. The SMILES string of the molecule is N#Cc1ccc2c(c1)C(c1ccccc1)(c1ccccc1)c1cc(-c3cccc(-c4nc5ccccc5c5nc6sc7ccccc7n6c45)c3)ccc1-2. The van der Waals surface area contributed by atoms with Gasteiger partial charge in [-0.3, -0.25) is 4.40 Å². The van der Waals surface area contributed by atoms with E-state index in [2.05, 4.69) is 168 Å². The van der Waals surface area contributed by atoms with Gasteiger partial charge >= 0.3 is 0 Å². The van der Waals surface area contributed by atoms with Gasteiger partial charge in [-0.25, -0.2) is 9.97 Å². The molecule has 0 atom stereocenters. The van der Waals surface area contributed by atoms with E-state index >= 15 is 0 Å². The van der Waals surface area contributed by atoms with Gasteiger partial charge in [0.25, 0.3) is 0 Å².